The van der Waals surface area contributed by atoms with Crippen LogP contribution >= 0.6 is 15.9 Å². The van der Waals surface area contributed by atoms with Gasteiger partial charge in [0.2, 0.25) is 0 Å². The first kappa shape index (κ1) is 17.1. The van der Waals surface area contributed by atoms with Gasteiger partial charge in [0.05, 0.1) is 6.04 Å². The number of carbonyl (C=O) groups excluding carboxylic acids is 1. The maximum absolute atomic E-state index is 12.2. The van der Waals surface area contributed by atoms with Gasteiger partial charge in [0.1, 0.15) is 27.7 Å². The number of aromatic nitrogens is 2. The Hall–Kier alpha value is -1.75. The second kappa shape index (κ2) is 5.66. The number of hydrogen-bond donors (Lipinski definition) is 1. The zero-order valence-corrected chi connectivity index (χ0v) is 15.8. The molecule has 2 heterocycles. The highest BCUT2D eigenvalue weighted by Gasteiger charge is 2.51. The van der Waals surface area contributed by atoms with Crippen molar-refractivity contribution >= 4 is 27.8 Å². The van der Waals surface area contributed by atoms with Gasteiger partial charge in [-0.2, -0.15) is 10.4 Å². The molecule has 24 heavy (non-hydrogen) atoms. The van der Waals surface area contributed by atoms with Crippen molar-refractivity contribution in [3.05, 3.63) is 10.2 Å². The SMILES string of the molecule is CC(C)(C)OC(=O)N1CCC2(CC(n3nc(Br)c(C#N)c3N)C2)C1. The molecule has 0 bridgehead atoms. The molecule has 2 N–H and O–H groups in total. The molecule has 3 rings (SSSR count). The van der Waals surface area contributed by atoms with Crippen molar-refractivity contribution in [1.82, 2.24) is 14.7 Å². The average Bonchev–Trinajstić information content (AvgIpc) is 2.97. The van der Waals surface area contributed by atoms with E-state index < -0.39 is 5.60 Å². The first-order chi connectivity index (χ1) is 11.1. The maximum atomic E-state index is 12.2. The first-order valence-corrected chi connectivity index (χ1v) is 8.85. The Morgan fingerprint density at radius 1 is 1.50 bits per heavy atom. The van der Waals surface area contributed by atoms with Gasteiger partial charge in [0, 0.05) is 13.1 Å². The van der Waals surface area contributed by atoms with Crippen LogP contribution in [0.4, 0.5) is 10.6 Å². The summed E-state index contributed by atoms with van der Waals surface area (Å²) in [5.74, 6) is 0.409. The summed E-state index contributed by atoms with van der Waals surface area (Å²) in [7, 11) is 0. The number of amides is 1. The number of nitrogens with zero attached hydrogens (tertiary/aromatic N) is 4. The summed E-state index contributed by atoms with van der Waals surface area (Å²) in [5.41, 5.74) is 6.06. The number of ether oxygens (including phenoxy) is 1. The highest BCUT2D eigenvalue weighted by molar-refractivity contribution is 9.10. The number of likely N-dealkylation sites (tertiary alicyclic amines) is 1. The quantitative estimate of drug-likeness (QED) is 0.787. The number of halogens is 1. The molecular formula is C16H22BrN5O2. The Labute approximate surface area is 149 Å². The summed E-state index contributed by atoms with van der Waals surface area (Å²) in [4.78, 5) is 14.0. The summed E-state index contributed by atoms with van der Waals surface area (Å²) >= 11 is 3.28. The molecule has 8 heteroatoms. The van der Waals surface area contributed by atoms with E-state index in [0.29, 0.717) is 22.5 Å². The van der Waals surface area contributed by atoms with E-state index in [1.165, 1.54) is 0 Å². The van der Waals surface area contributed by atoms with Crippen LogP contribution in [0, 0.1) is 16.7 Å². The van der Waals surface area contributed by atoms with Crippen molar-refractivity contribution < 1.29 is 9.53 Å². The molecular weight excluding hydrogens is 374 g/mol. The van der Waals surface area contributed by atoms with Crippen LogP contribution in [0.25, 0.3) is 0 Å². The molecule has 2 fully saturated rings. The van der Waals surface area contributed by atoms with E-state index in [-0.39, 0.29) is 17.6 Å². The summed E-state index contributed by atoms with van der Waals surface area (Å²) in [5, 5.41) is 13.4. The lowest BCUT2D eigenvalue weighted by atomic mass is 9.65. The van der Waals surface area contributed by atoms with Crippen LogP contribution in [-0.4, -0.2) is 39.5 Å². The Balaban J connectivity index is 1.63. The predicted molar refractivity (Wildman–Crippen MR) is 92.2 cm³/mol. The average molecular weight is 396 g/mol. The standard InChI is InChI=1S/C16H22BrN5O2/c1-15(2,3)24-14(23)21-5-4-16(9-21)6-10(7-16)22-13(19)11(8-18)12(17)20-22/h10H,4-7,9,19H2,1-3H3. The Morgan fingerprint density at radius 3 is 2.71 bits per heavy atom. The molecule has 1 spiro atoms. The lowest BCUT2D eigenvalue weighted by Crippen LogP contribution is -2.43. The summed E-state index contributed by atoms with van der Waals surface area (Å²) in [6, 6.07) is 2.25. The lowest BCUT2D eigenvalue weighted by Gasteiger charge is -2.45. The molecule has 7 nitrogen and oxygen atoms in total. The van der Waals surface area contributed by atoms with Gasteiger partial charge in [-0.05, 0) is 61.4 Å². The van der Waals surface area contributed by atoms with Crippen LogP contribution in [0.2, 0.25) is 0 Å². The van der Waals surface area contributed by atoms with Crippen LogP contribution in [0.15, 0.2) is 4.60 Å². The van der Waals surface area contributed by atoms with Gasteiger partial charge in [-0.15, -0.1) is 0 Å². The molecule has 0 radical (unpaired) electrons. The fraction of sp³-hybridized carbons (Fsp3) is 0.688. The van der Waals surface area contributed by atoms with Crippen molar-refractivity contribution in [2.24, 2.45) is 5.41 Å². The van der Waals surface area contributed by atoms with Crippen LogP contribution in [0.5, 0.6) is 0 Å². The minimum absolute atomic E-state index is 0.124. The van der Waals surface area contributed by atoms with Gasteiger partial charge in [-0.3, -0.25) is 0 Å². The second-order valence-corrected chi connectivity index (χ2v) is 8.57. The second-order valence-electron chi connectivity index (χ2n) is 7.82. The van der Waals surface area contributed by atoms with Gasteiger partial charge < -0.3 is 15.4 Å². The fourth-order valence-electron chi connectivity index (χ4n) is 3.66. The van der Waals surface area contributed by atoms with Crippen LogP contribution in [0.3, 0.4) is 0 Å². The van der Waals surface area contributed by atoms with Crippen LogP contribution in [0.1, 0.15) is 51.6 Å². The smallest absolute Gasteiger partial charge is 0.410 e. The van der Waals surface area contributed by atoms with Crippen molar-refractivity contribution in [3.63, 3.8) is 0 Å². The fourth-order valence-corrected chi connectivity index (χ4v) is 4.13. The summed E-state index contributed by atoms with van der Waals surface area (Å²) in [6.45, 7) is 7.07. The lowest BCUT2D eigenvalue weighted by molar-refractivity contribution is 0.0187. The molecule has 1 aromatic heterocycles. The van der Waals surface area contributed by atoms with Crippen LogP contribution in [-0.2, 0) is 4.74 Å². The highest BCUT2D eigenvalue weighted by Crippen LogP contribution is 2.54. The number of rotatable bonds is 1. The van der Waals surface area contributed by atoms with Crippen molar-refractivity contribution in [1.29, 1.82) is 5.26 Å². The van der Waals surface area contributed by atoms with E-state index in [1.54, 1.807) is 9.58 Å². The van der Waals surface area contributed by atoms with E-state index in [1.807, 2.05) is 20.8 Å². The topological polar surface area (TPSA) is 97.2 Å². The number of anilines is 1. The minimum Gasteiger partial charge on any atom is -0.444 e. The minimum atomic E-state index is -0.474. The van der Waals surface area contributed by atoms with Gasteiger partial charge in [-0.1, -0.05) is 0 Å². The third kappa shape index (κ3) is 2.97. The van der Waals surface area contributed by atoms with E-state index in [4.69, 9.17) is 15.7 Å². The normalized spacial score (nSPS) is 26.3. The zero-order chi connectivity index (χ0) is 17.7. The number of carbonyl (C=O) groups is 1. The van der Waals surface area contributed by atoms with Crippen molar-refractivity contribution in [2.75, 3.05) is 18.8 Å². The molecule has 130 valence electrons. The molecule has 1 aromatic rings. The van der Waals surface area contributed by atoms with Gasteiger partial charge >= 0.3 is 6.09 Å². The van der Waals surface area contributed by atoms with E-state index in [0.717, 1.165) is 25.8 Å². The van der Waals surface area contributed by atoms with Crippen molar-refractivity contribution in [2.45, 2.75) is 51.7 Å². The molecule has 1 amide bonds. The highest BCUT2D eigenvalue weighted by atomic mass is 79.9. The monoisotopic (exact) mass is 395 g/mol. The summed E-state index contributed by atoms with van der Waals surface area (Å²) < 4.78 is 7.69. The number of nitrogens with two attached hydrogens (primary N) is 1. The summed E-state index contributed by atoms with van der Waals surface area (Å²) in [6.07, 6.45) is 2.55. The Kier molecular flexibility index (Phi) is 4.03. The van der Waals surface area contributed by atoms with Crippen molar-refractivity contribution in [3.8, 4) is 6.07 Å². The maximum Gasteiger partial charge on any atom is 0.410 e. The number of nitrogen functional groups attached to an aromatic ring is 1. The molecule has 0 unspecified atom stereocenters. The third-order valence-electron chi connectivity index (χ3n) is 4.79. The van der Waals surface area contributed by atoms with Crippen LogP contribution < -0.4 is 5.73 Å². The first-order valence-electron chi connectivity index (χ1n) is 8.06. The largest absolute Gasteiger partial charge is 0.444 e. The molecule has 0 atom stereocenters. The molecule has 1 saturated heterocycles. The Morgan fingerprint density at radius 2 is 2.17 bits per heavy atom. The predicted octanol–water partition coefficient (Wildman–Crippen LogP) is 3.06. The molecule has 1 aliphatic carbocycles. The zero-order valence-electron chi connectivity index (χ0n) is 14.2. The number of hydrogen-bond acceptors (Lipinski definition) is 5. The van der Waals surface area contributed by atoms with Gasteiger partial charge in [-0.25, -0.2) is 9.48 Å². The molecule has 1 aliphatic heterocycles. The number of nitriles is 1. The Bertz CT molecular complexity index is 709. The van der Waals surface area contributed by atoms with Gasteiger partial charge in [0.15, 0.2) is 0 Å². The van der Waals surface area contributed by atoms with Gasteiger partial charge in [0.25, 0.3) is 0 Å². The van der Waals surface area contributed by atoms with E-state index in [2.05, 4.69) is 27.1 Å². The molecule has 0 aromatic carbocycles. The molecule has 1 saturated carbocycles. The van der Waals surface area contributed by atoms with E-state index in [9.17, 15) is 4.79 Å². The molecule has 2 aliphatic rings. The third-order valence-corrected chi connectivity index (χ3v) is 5.34. The van der Waals surface area contributed by atoms with E-state index >= 15 is 0 Å².